The van der Waals surface area contributed by atoms with E-state index < -0.39 is 5.97 Å². The van der Waals surface area contributed by atoms with Gasteiger partial charge in [0.25, 0.3) is 0 Å². The summed E-state index contributed by atoms with van der Waals surface area (Å²) >= 11 is 8.90. The summed E-state index contributed by atoms with van der Waals surface area (Å²) in [5, 5.41) is 2.65. The fourth-order valence-corrected chi connectivity index (χ4v) is 5.28. The summed E-state index contributed by atoms with van der Waals surface area (Å²) in [6, 6.07) is 9.55. The quantitative estimate of drug-likeness (QED) is 0.263. The van der Waals surface area contributed by atoms with E-state index in [1.54, 1.807) is 6.92 Å². The molecule has 6 nitrogen and oxygen atoms in total. The lowest BCUT2D eigenvalue weighted by molar-refractivity contribution is 0.0528. The summed E-state index contributed by atoms with van der Waals surface area (Å²) in [5.74, 6) is 1.34. The molecule has 0 aliphatic heterocycles. The van der Waals surface area contributed by atoms with Gasteiger partial charge in [-0.3, -0.25) is 0 Å². The average molecular weight is 505 g/mol. The van der Waals surface area contributed by atoms with Gasteiger partial charge >= 0.3 is 5.97 Å². The minimum Gasteiger partial charge on any atom is -0.489 e. The van der Waals surface area contributed by atoms with E-state index in [4.69, 9.17) is 31.5 Å². The van der Waals surface area contributed by atoms with Crippen molar-refractivity contribution in [1.29, 1.82) is 0 Å². The molecule has 0 radical (unpaired) electrons. The summed E-state index contributed by atoms with van der Waals surface area (Å²) in [6.45, 7) is 4.76. The summed E-state index contributed by atoms with van der Waals surface area (Å²) in [4.78, 5) is 17.5. The van der Waals surface area contributed by atoms with E-state index in [1.165, 1.54) is 28.9 Å². The van der Waals surface area contributed by atoms with Crippen molar-refractivity contribution in [2.24, 2.45) is 0 Å². The SMILES string of the molecule is C.CCOC(=O)c1cnc(N)c2c(COc3cc(C)cc(OCc4ccc(Cl)s4)c3)csc12. The number of esters is 1. The maximum Gasteiger partial charge on any atom is 0.341 e. The van der Waals surface area contributed by atoms with Gasteiger partial charge < -0.3 is 19.9 Å². The molecule has 0 atom stereocenters. The molecule has 3 aromatic heterocycles. The molecule has 0 bridgehead atoms. The Morgan fingerprint density at radius 2 is 1.88 bits per heavy atom. The van der Waals surface area contributed by atoms with Crippen molar-refractivity contribution in [2.45, 2.75) is 34.5 Å². The van der Waals surface area contributed by atoms with Crippen LogP contribution in [0.25, 0.3) is 10.1 Å². The van der Waals surface area contributed by atoms with Gasteiger partial charge in [-0.15, -0.1) is 22.7 Å². The van der Waals surface area contributed by atoms with Gasteiger partial charge in [-0.2, -0.15) is 0 Å². The van der Waals surface area contributed by atoms with Crippen LogP contribution in [-0.4, -0.2) is 17.6 Å². The van der Waals surface area contributed by atoms with Crippen molar-refractivity contribution in [1.82, 2.24) is 4.98 Å². The molecule has 2 N–H and O–H groups in total. The molecule has 1 aromatic carbocycles. The molecule has 0 amide bonds. The Morgan fingerprint density at radius 1 is 1.15 bits per heavy atom. The molecule has 4 rings (SSSR count). The van der Waals surface area contributed by atoms with Gasteiger partial charge in [0.05, 0.1) is 21.2 Å². The van der Waals surface area contributed by atoms with E-state index in [0.717, 1.165) is 30.4 Å². The molecule has 0 saturated heterocycles. The lowest BCUT2D eigenvalue weighted by Gasteiger charge is -2.11. The van der Waals surface area contributed by atoms with Crippen molar-refractivity contribution < 1.29 is 19.0 Å². The number of rotatable bonds is 8. The number of hydrogen-bond donors (Lipinski definition) is 1. The summed E-state index contributed by atoms with van der Waals surface area (Å²) < 4.78 is 18.6. The highest BCUT2D eigenvalue weighted by molar-refractivity contribution is 7.18. The molecule has 0 aliphatic carbocycles. The first kappa shape index (κ1) is 24.8. The van der Waals surface area contributed by atoms with Gasteiger partial charge in [-0.05, 0) is 49.1 Å². The third kappa shape index (κ3) is 5.76. The topological polar surface area (TPSA) is 83.7 Å². The van der Waals surface area contributed by atoms with E-state index >= 15 is 0 Å². The Hall–Kier alpha value is -2.81. The van der Waals surface area contributed by atoms with E-state index in [1.807, 2.05) is 42.6 Å². The first-order valence-corrected chi connectivity index (χ1v) is 11.9. The number of aromatic nitrogens is 1. The largest absolute Gasteiger partial charge is 0.489 e. The predicted octanol–water partition coefficient (Wildman–Crippen LogP) is 6.87. The van der Waals surface area contributed by atoms with E-state index in [-0.39, 0.29) is 14.0 Å². The number of nitrogens with zero attached hydrogens (tertiary/aromatic N) is 1. The Kier molecular flexibility index (Phi) is 8.18. The van der Waals surface area contributed by atoms with Crippen LogP contribution in [0.2, 0.25) is 4.34 Å². The second-order valence-electron chi connectivity index (χ2n) is 7.01. The van der Waals surface area contributed by atoms with Crippen LogP contribution < -0.4 is 15.2 Å². The lowest BCUT2D eigenvalue weighted by Crippen LogP contribution is -2.06. The number of halogens is 1. The summed E-state index contributed by atoms with van der Waals surface area (Å²) in [5.41, 5.74) is 8.40. The molecule has 9 heteroatoms. The van der Waals surface area contributed by atoms with Crippen LogP contribution in [0.3, 0.4) is 0 Å². The van der Waals surface area contributed by atoms with Gasteiger partial charge in [0.1, 0.15) is 30.5 Å². The minimum absolute atomic E-state index is 0. The van der Waals surface area contributed by atoms with Gasteiger partial charge in [0.15, 0.2) is 0 Å². The van der Waals surface area contributed by atoms with Gasteiger partial charge in [-0.1, -0.05) is 19.0 Å². The number of pyridine rings is 1. The highest BCUT2D eigenvalue weighted by Gasteiger charge is 2.18. The van der Waals surface area contributed by atoms with Crippen molar-refractivity contribution >= 4 is 56.1 Å². The number of carbonyl (C=O) groups excluding carboxylic acids is 1. The summed E-state index contributed by atoms with van der Waals surface area (Å²) in [6.07, 6.45) is 1.46. The zero-order valence-electron chi connectivity index (χ0n) is 17.5. The zero-order chi connectivity index (χ0) is 22.7. The van der Waals surface area contributed by atoms with Crippen molar-refractivity contribution in [3.8, 4) is 11.5 Å². The van der Waals surface area contributed by atoms with Crippen molar-refractivity contribution in [2.75, 3.05) is 12.3 Å². The number of thiophene rings is 2. The molecular formula is C24H25ClN2O4S2. The molecular weight excluding hydrogens is 480 g/mol. The molecule has 0 aliphatic rings. The Morgan fingerprint density at radius 3 is 2.55 bits per heavy atom. The maximum atomic E-state index is 12.3. The number of benzene rings is 1. The maximum absolute atomic E-state index is 12.3. The molecule has 174 valence electrons. The smallest absolute Gasteiger partial charge is 0.341 e. The highest BCUT2D eigenvalue weighted by atomic mass is 35.5. The lowest BCUT2D eigenvalue weighted by atomic mass is 10.1. The Balaban J connectivity index is 0.00000306. The monoisotopic (exact) mass is 504 g/mol. The molecule has 0 saturated carbocycles. The fourth-order valence-electron chi connectivity index (χ4n) is 3.22. The zero-order valence-corrected chi connectivity index (χ0v) is 19.9. The first-order valence-electron chi connectivity index (χ1n) is 9.87. The predicted molar refractivity (Wildman–Crippen MR) is 136 cm³/mol. The standard InChI is InChI=1S/C23H21ClN2O4S2.CH4/c1-3-28-23(27)18-9-26-22(25)20-14(12-31-21(18)20)10-29-15-6-13(2)7-16(8-15)30-11-17-4-5-19(24)32-17;/h4-9,12H,3,10-11H2,1-2H3,(H2,25,26);1H4. The second-order valence-corrected chi connectivity index (χ2v) is 9.69. The third-order valence-electron chi connectivity index (χ3n) is 4.62. The van der Waals surface area contributed by atoms with Gasteiger partial charge in [0, 0.05) is 28.1 Å². The van der Waals surface area contributed by atoms with Crippen LogP contribution in [-0.2, 0) is 18.0 Å². The minimum atomic E-state index is -0.410. The molecule has 33 heavy (non-hydrogen) atoms. The van der Waals surface area contributed by atoms with Crippen molar-refractivity contribution in [3.05, 3.63) is 67.8 Å². The number of ether oxygens (including phenoxy) is 3. The molecule has 0 fully saturated rings. The number of carbonyl (C=O) groups is 1. The number of hydrogen-bond acceptors (Lipinski definition) is 8. The third-order valence-corrected chi connectivity index (χ3v) is 6.89. The highest BCUT2D eigenvalue weighted by Crippen LogP contribution is 2.34. The van der Waals surface area contributed by atoms with Crippen LogP contribution in [0, 0.1) is 6.92 Å². The number of anilines is 1. The molecule has 3 heterocycles. The van der Waals surface area contributed by atoms with Crippen LogP contribution in [0.4, 0.5) is 5.82 Å². The van der Waals surface area contributed by atoms with Gasteiger partial charge in [-0.25, -0.2) is 9.78 Å². The normalized spacial score (nSPS) is 10.6. The first-order chi connectivity index (χ1) is 15.4. The van der Waals surface area contributed by atoms with E-state index in [9.17, 15) is 4.79 Å². The van der Waals surface area contributed by atoms with Crippen LogP contribution in [0.15, 0.2) is 41.9 Å². The number of nitrogens with two attached hydrogens (primary N) is 1. The van der Waals surface area contributed by atoms with E-state index in [0.29, 0.717) is 36.1 Å². The fraction of sp³-hybridized carbons (Fsp3) is 0.250. The summed E-state index contributed by atoms with van der Waals surface area (Å²) in [7, 11) is 0. The Bertz CT molecular complexity index is 1270. The second kappa shape index (κ2) is 10.9. The Labute approximate surface area is 205 Å². The molecule has 0 spiro atoms. The van der Waals surface area contributed by atoms with Crippen LogP contribution in [0.1, 0.15) is 40.7 Å². The average Bonchev–Trinajstić information content (AvgIpc) is 3.37. The number of fused-ring (bicyclic) bond motifs is 1. The molecule has 4 aromatic rings. The number of nitrogen functional groups attached to an aromatic ring is 1. The van der Waals surface area contributed by atoms with Crippen LogP contribution in [0.5, 0.6) is 11.5 Å². The van der Waals surface area contributed by atoms with Crippen molar-refractivity contribution in [3.63, 3.8) is 0 Å². The molecule has 0 unspecified atom stereocenters. The van der Waals surface area contributed by atoms with Crippen LogP contribution >= 0.6 is 34.3 Å². The van der Waals surface area contributed by atoms with Gasteiger partial charge in [0.2, 0.25) is 0 Å². The number of aryl methyl sites for hydroxylation is 1. The van der Waals surface area contributed by atoms with E-state index in [2.05, 4.69) is 4.98 Å².